The number of rotatable bonds is 2. The summed E-state index contributed by atoms with van der Waals surface area (Å²) in [5.41, 5.74) is 1.58. The number of aromatic nitrogens is 2. The molecule has 0 saturated heterocycles. The summed E-state index contributed by atoms with van der Waals surface area (Å²) in [5.74, 6) is -0.165. The minimum absolute atomic E-state index is 0.165. The molecule has 2 rings (SSSR count). The predicted molar refractivity (Wildman–Crippen MR) is 66.7 cm³/mol. The van der Waals surface area contributed by atoms with E-state index in [0.29, 0.717) is 15.4 Å². The van der Waals surface area contributed by atoms with Crippen molar-refractivity contribution in [3.63, 3.8) is 0 Å². The number of nitrogens with zero attached hydrogens (tertiary/aromatic N) is 2. The first-order valence-corrected chi connectivity index (χ1v) is 6.09. The molecule has 1 aromatic carbocycles. The summed E-state index contributed by atoms with van der Waals surface area (Å²) in [7, 11) is 0. The normalized spacial score (nSPS) is 10.1. The fourth-order valence-corrected chi connectivity index (χ4v) is 2.23. The molecule has 1 heterocycles. The van der Waals surface area contributed by atoms with Crippen molar-refractivity contribution in [3.05, 3.63) is 40.1 Å². The Labute approximate surface area is 105 Å². The lowest BCUT2D eigenvalue weighted by Gasteiger charge is -2.03. The molecule has 0 aliphatic rings. The molecule has 1 amide bonds. The molecule has 16 heavy (non-hydrogen) atoms. The zero-order chi connectivity index (χ0) is 11.5. The summed E-state index contributed by atoms with van der Waals surface area (Å²) < 4.78 is 4.40. The Balaban J connectivity index is 2.18. The van der Waals surface area contributed by atoms with Crippen molar-refractivity contribution in [2.75, 3.05) is 5.32 Å². The molecule has 82 valence electrons. The average molecular weight is 298 g/mol. The van der Waals surface area contributed by atoms with Crippen LogP contribution >= 0.6 is 27.5 Å². The summed E-state index contributed by atoms with van der Waals surface area (Å²) in [6, 6.07) is 7.40. The first-order valence-electron chi connectivity index (χ1n) is 4.53. The van der Waals surface area contributed by atoms with E-state index in [1.54, 1.807) is 6.07 Å². The number of hydrogen-bond acceptors (Lipinski definition) is 4. The maximum atomic E-state index is 11.9. The Hall–Kier alpha value is -1.27. The van der Waals surface area contributed by atoms with Crippen molar-refractivity contribution in [3.8, 4) is 0 Å². The molecular formula is C10H8BrN3OS. The summed E-state index contributed by atoms with van der Waals surface area (Å²) in [6.07, 6.45) is 0. The van der Waals surface area contributed by atoms with Gasteiger partial charge in [0.2, 0.25) is 9.87 Å². The van der Waals surface area contributed by atoms with Gasteiger partial charge in [0.25, 0.3) is 5.91 Å². The molecule has 0 aliphatic heterocycles. The minimum atomic E-state index is -0.165. The Morgan fingerprint density at radius 1 is 1.44 bits per heavy atom. The quantitative estimate of drug-likeness (QED) is 0.927. The lowest BCUT2D eigenvalue weighted by Crippen LogP contribution is -2.12. The molecule has 2 aromatic rings. The first kappa shape index (κ1) is 11.2. The summed E-state index contributed by atoms with van der Waals surface area (Å²) in [5, 5.41) is 3.18. The Bertz CT molecular complexity index is 526. The highest BCUT2D eigenvalue weighted by Gasteiger charge is 2.10. The number of aryl methyl sites for hydroxylation is 1. The van der Waals surface area contributed by atoms with Crippen molar-refractivity contribution in [2.45, 2.75) is 6.92 Å². The van der Waals surface area contributed by atoms with Crippen LogP contribution in [-0.2, 0) is 0 Å². The first-order chi connectivity index (χ1) is 7.66. The smallest absolute Gasteiger partial charge is 0.257 e. The molecular weight excluding hydrogens is 290 g/mol. The van der Waals surface area contributed by atoms with Crippen molar-refractivity contribution < 1.29 is 4.79 Å². The zero-order valence-electron chi connectivity index (χ0n) is 8.40. The number of halogens is 1. The van der Waals surface area contributed by atoms with Gasteiger partial charge in [0.05, 0.1) is 0 Å². The summed E-state index contributed by atoms with van der Waals surface area (Å²) >= 11 is 4.27. The van der Waals surface area contributed by atoms with E-state index in [2.05, 4.69) is 30.6 Å². The molecule has 0 spiro atoms. The van der Waals surface area contributed by atoms with E-state index in [1.807, 2.05) is 25.1 Å². The second-order valence-electron chi connectivity index (χ2n) is 3.14. The number of hydrogen-bond donors (Lipinski definition) is 1. The molecule has 0 saturated carbocycles. The predicted octanol–water partition coefficient (Wildman–Crippen LogP) is 2.86. The lowest BCUT2D eigenvalue weighted by molar-refractivity contribution is 0.102. The van der Waals surface area contributed by atoms with Crippen LogP contribution in [0.5, 0.6) is 0 Å². The molecule has 0 aliphatic carbocycles. The van der Waals surface area contributed by atoms with Crippen LogP contribution in [0.2, 0.25) is 0 Å². The SMILES string of the molecule is Cc1ccccc1C(=O)Nc1nc(Br)ns1. The number of benzene rings is 1. The van der Waals surface area contributed by atoms with Gasteiger partial charge in [-0.25, -0.2) is 0 Å². The van der Waals surface area contributed by atoms with Gasteiger partial charge in [-0.15, -0.1) is 0 Å². The van der Waals surface area contributed by atoms with Crippen LogP contribution < -0.4 is 5.32 Å². The van der Waals surface area contributed by atoms with Gasteiger partial charge in [0.1, 0.15) is 0 Å². The number of carbonyl (C=O) groups excluding carboxylic acids is 1. The van der Waals surface area contributed by atoms with E-state index < -0.39 is 0 Å². The number of carbonyl (C=O) groups is 1. The van der Waals surface area contributed by atoms with Crippen molar-refractivity contribution in [2.24, 2.45) is 0 Å². The van der Waals surface area contributed by atoms with E-state index in [9.17, 15) is 4.79 Å². The van der Waals surface area contributed by atoms with E-state index in [4.69, 9.17) is 0 Å². The average Bonchev–Trinajstić information content (AvgIpc) is 2.64. The van der Waals surface area contributed by atoms with Gasteiger partial charge in [-0.2, -0.15) is 9.36 Å². The van der Waals surface area contributed by atoms with Crippen molar-refractivity contribution in [1.82, 2.24) is 9.36 Å². The molecule has 0 unspecified atom stereocenters. The number of nitrogens with one attached hydrogen (secondary N) is 1. The van der Waals surface area contributed by atoms with E-state index in [0.717, 1.165) is 17.1 Å². The zero-order valence-corrected chi connectivity index (χ0v) is 10.8. The standard InChI is InChI=1S/C10H8BrN3OS/c1-6-4-2-3-5-7(6)8(15)12-10-13-9(11)14-16-10/h2-5H,1H3,(H,12,13,14,15). The number of anilines is 1. The van der Waals surface area contributed by atoms with Gasteiger partial charge < -0.3 is 0 Å². The molecule has 1 aromatic heterocycles. The highest BCUT2D eigenvalue weighted by atomic mass is 79.9. The van der Waals surface area contributed by atoms with Crippen LogP contribution in [0.15, 0.2) is 29.0 Å². The third-order valence-corrected chi connectivity index (χ3v) is 3.23. The third kappa shape index (κ3) is 2.45. The maximum Gasteiger partial charge on any atom is 0.257 e. The maximum absolute atomic E-state index is 11.9. The van der Waals surface area contributed by atoms with Crippen LogP contribution in [0.1, 0.15) is 15.9 Å². The van der Waals surface area contributed by atoms with Crippen molar-refractivity contribution in [1.29, 1.82) is 0 Å². The highest BCUT2D eigenvalue weighted by Crippen LogP contribution is 2.16. The molecule has 0 bridgehead atoms. The van der Waals surface area contributed by atoms with Gasteiger partial charge in [-0.1, -0.05) is 18.2 Å². The number of amides is 1. The van der Waals surface area contributed by atoms with E-state index in [-0.39, 0.29) is 5.91 Å². The largest absolute Gasteiger partial charge is 0.297 e. The van der Waals surface area contributed by atoms with Gasteiger partial charge in [0.15, 0.2) is 0 Å². The van der Waals surface area contributed by atoms with Crippen LogP contribution in [0, 0.1) is 6.92 Å². The third-order valence-electron chi connectivity index (χ3n) is 2.01. The second kappa shape index (κ2) is 4.71. The van der Waals surface area contributed by atoms with Crippen LogP contribution in [0.3, 0.4) is 0 Å². The van der Waals surface area contributed by atoms with E-state index in [1.165, 1.54) is 0 Å². The summed E-state index contributed by atoms with van der Waals surface area (Å²) in [6.45, 7) is 1.89. The lowest BCUT2D eigenvalue weighted by atomic mass is 10.1. The van der Waals surface area contributed by atoms with Crippen LogP contribution in [0.25, 0.3) is 0 Å². The fraction of sp³-hybridized carbons (Fsp3) is 0.100. The molecule has 0 fully saturated rings. The monoisotopic (exact) mass is 297 g/mol. The Kier molecular flexibility index (Phi) is 3.31. The molecule has 4 nitrogen and oxygen atoms in total. The van der Waals surface area contributed by atoms with Crippen LogP contribution in [0.4, 0.5) is 5.13 Å². The topological polar surface area (TPSA) is 54.9 Å². The van der Waals surface area contributed by atoms with Crippen molar-refractivity contribution >= 4 is 38.5 Å². The van der Waals surface area contributed by atoms with Gasteiger partial charge >= 0.3 is 0 Å². The Morgan fingerprint density at radius 2 is 2.19 bits per heavy atom. The van der Waals surface area contributed by atoms with Gasteiger partial charge in [-0.3, -0.25) is 10.1 Å². The fourth-order valence-electron chi connectivity index (χ4n) is 1.25. The molecule has 6 heteroatoms. The van der Waals surface area contributed by atoms with Crippen LogP contribution in [-0.4, -0.2) is 15.3 Å². The molecule has 0 radical (unpaired) electrons. The van der Waals surface area contributed by atoms with Gasteiger partial charge in [-0.05, 0) is 34.5 Å². The van der Waals surface area contributed by atoms with Gasteiger partial charge in [0, 0.05) is 17.1 Å². The molecule has 1 N–H and O–H groups in total. The summed E-state index contributed by atoms with van der Waals surface area (Å²) in [4.78, 5) is 15.9. The second-order valence-corrected chi connectivity index (χ2v) is 4.60. The minimum Gasteiger partial charge on any atom is -0.297 e. The Morgan fingerprint density at radius 3 is 2.81 bits per heavy atom. The molecule has 0 atom stereocenters. The van der Waals surface area contributed by atoms with E-state index >= 15 is 0 Å². The highest BCUT2D eigenvalue weighted by molar-refractivity contribution is 9.10.